The number of allylic oxidation sites excluding steroid dienone is 4. The molecule has 0 aliphatic heterocycles. The van der Waals surface area contributed by atoms with E-state index >= 15 is 0 Å². The first-order chi connectivity index (χ1) is 9.43. The summed E-state index contributed by atoms with van der Waals surface area (Å²) in [6.07, 6.45) is 11.6. The van der Waals surface area contributed by atoms with Crippen molar-refractivity contribution in [2.45, 2.75) is 6.42 Å². The summed E-state index contributed by atoms with van der Waals surface area (Å²) >= 11 is 0. The summed E-state index contributed by atoms with van der Waals surface area (Å²) in [4.78, 5) is 0. The summed E-state index contributed by atoms with van der Waals surface area (Å²) in [6.45, 7) is 0. The maximum absolute atomic E-state index is 3.84. The molecule has 0 amide bonds. The Morgan fingerprint density at radius 3 is 2.55 bits per heavy atom. The minimum atomic E-state index is 0. The molecule has 1 aliphatic carbocycles. The molecule has 4 rings (SSSR count). The van der Waals surface area contributed by atoms with E-state index in [1.807, 2.05) is 24.3 Å². The van der Waals surface area contributed by atoms with Crippen LogP contribution in [-0.2, 0) is 21.7 Å². The summed E-state index contributed by atoms with van der Waals surface area (Å²) in [5.74, 6) is 0. The molecule has 7 heteroatoms. The molecule has 0 spiro atoms. The van der Waals surface area contributed by atoms with E-state index in [2.05, 4.69) is 51.9 Å². The van der Waals surface area contributed by atoms with Crippen LogP contribution in [0.5, 0.6) is 0 Å². The average molecular weight is 367 g/mol. The van der Waals surface area contributed by atoms with Gasteiger partial charge in [0.15, 0.2) is 0 Å². The summed E-state index contributed by atoms with van der Waals surface area (Å²) in [5.41, 5.74) is 0.996. The van der Waals surface area contributed by atoms with Gasteiger partial charge in [-0.3, -0.25) is 6.08 Å². The molecule has 4 nitrogen and oxygen atoms in total. The van der Waals surface area contributed by atoms with Gasteiger partial charge >= 0.3 is 21.7 Å². The normalized spacial score (nSPS) is 10.9. The Balaban J connectivity index is 0.000000482. The zero-order valence-electron chi connectivity index (χ0n) is 11.5. The molecule has 0 radical (unpaired) electrons. The van der Waals surface area contributed by atoms with Gasteiger partial charge in [-0.1, -0.05) is 6.07 Å². The monoisotopic (exact) mass is 366 g/mol. The maximum atomic E-state index is 3.84. The van der Waals surface area contributed by atoms with Crippen molar-refractivity contribution in [3.8, 4) is 5.69 Å². The Labute approximate surface area is 156 Å². The van der Waals surface area contributed by atoms with Crippen molar-refractivity contribution in [3.05, 3.63) is 67.0 Å². The van der Waals surface area contributed by atoms with Gasteiger partial charge in [0.1, 0.15) is 6.33 Å². The summed E-state index contributed by atoms with van der Waals surface area (Å²) in [6, 6.07) is 12.3. The largest absolute Gasteiger partial charge is 4.00 e. The smallest absolute Gasteiger partial charge is 1.00 e. The molecule has 3 aromatic rings. The first-order valence-corrected chi connectivity index (χ1v) is 6.04. The van der Waals surface area contributed by atoms with Gasteiger partial charge in [0.05, 0.1) is 0 Å². The zero-order valence-corrected chi connectivity index (χ0v) is 14.6. The molecule has 1 heterocycles. The van der Waals surface area contributed by atoms with E-state index in [1.165, 1.54) is 10.8 Å². The third kappa shape index (κ3) is 5.14. The van der Waals surface area contributed by atoms with Gasteiger partial charge in [-0.2, -0.15) is 6.08 Å². The fourth-order valence-corrected chi connectivity index (χ4v) is 1.89. The van der Waals surface area contributed by atoms with Gasteiger partial charge in [-0.25, -0.2) is 16.8 Å². The standard InChI is InChI=1S/C10H7N4.C5H5.2ClH.Ti/c1-2-4-9-6-10(5-8(9)3-1)14-7-11-12-13-14;1-2-4-5-3-1;;;/h1-7H;1-3H,4H2;2*1H;/q2*-1;;;+4/p-2. The number of hydrogen-bond donors (Lipinski definition) is 0. The molecule has 0 N–H and O–H groups in total. The maximum Gasteiger partial charge on any atom is 4.00 e. The van der Waals surface area contributed by atoms with Crippen LogP contribution in [0.1, 0.15) is 6.42 Å². The van der Waals surface area contributed by atoms with E-state index in [0.29, 0.717) is 0 Å². The molecular weight excluding hydrogens is 355 g/mol. The van der Waals surface area contributed by atoms with Crippen molar-refractivity contribution in [2.24, 2.45) is 0 Å². The van der Waals surface area contributed by atoms with Crippen LogP contribution in [0.4, 0.5) is 0 Å². The molecule has 0 bridgehead atoms. The fraction of sp³-hybridized carbons (Fsp3) is 0.0667. The second-order valence-corrected chi connectivity index (χ2v) is 4.10. The van der Waals surface area contributed by atoms with Crippen molar-refractivity contribution >= 4 is 10.8 Å². The zero-order chi connectivity index (χ0) is 12.9. The molecule has 2 aromatic carbocycles. The molecule has 0 unspecified atom stereocenters. The van der Waals surface area contributed by atoms with Gasteiger partial charge in [0.25, 0.3) is 0 Å². The van der Waals surface area contributed by atoms with Gasteiger partial charge < -0.3 is 24.8 Å². The van der Waals surface area contributed by atoms with Crippen molar-refractivity contribution in [1.29, 1.82) is 0 Å². The van der Waals surface area contributed by atoms with Crippen molar-refractivity contribution in [1.82, 2.24) is 20.2 Å². The molecule has 0 fully saturated rings. The number of fused-ring (bicyclic) bond motifs is 1. The molecule has 110 valence electrons. The molecular formula is C15H12Cl2N4Ti. The third-order valence-corrected chi connectivity index (χ3v) is 2.80. The van der Waals surface area contributed by atoms with E-state index in [-0.39, 0.29) is 46.5 Å². The Morgan fingerprint density at radius 2 is 2.00 bits per heavy atom. The van der Waals surface area contributed by atoms with Crippen LogP contribution in [0, 0.1) is 6.08 Å². The predicted molar refractivity (Wildman–Crippen MR) is 73.8 cm³/mol. The minimum Gasteiger partial charge on any atom is -1.00 e. The Morgan fingerprint density at radius 1 is 1.18 bits per heavy atom. The second kappa shape index (κ2) is 10.4. The number of tetrazole rings is 1. The van der Waals surface area contributed by atoms with E-state index in [1.54, 1.807) is 11.0 Å². The second-order valence-electron chi connectivity index (χ2n) is 4.10. The average Bonchev–Trinajstić information content (AvgIpc) is 3.20. The molecule has 1 aliphatic rings. The van der Waals surface area contributed by atoms with Gasteiger partial charge in [0, 0.05) is 0 Å². The van der Waals surface area contributed by atoms with E-state index in [4.69, 9.17) is 0 Å². The van der Waals surface area contributed by atoms with Gasteiger partial charge in [-0.15, -0.1) is 52.6 Å². The Kier molecular flexibility index (Phi) is 9.78. The number of hydrogen-bond acceptors (Lipinski definition) is 3. The number of nitrogens with zero attached hydrogens (tertiary/aromatic N) is 4. The number of benzene rings is 1. The van der Waals surface area contributed by atoms with Gasteiger partial charge in [-0.05, 0) is 16.1 Å². The molecule has 0 saturated carbocycles. The van der Waals surface area contributed by atoms with Crippen LogP contribution < -0.4 is 24.8 Å². The number of aromatic nitrogens is 4. The van der Waals surface area contributed by atoms with Crippen LogP contribution in [0.2, 0.25) is 0 Å². The Hall–Kier alpha value is -1.33. The quantitative estimate of drug-likeness (QED) is 0.337. The topological polar surface area (TPSA) is 43.6 Å². The third-order valence-electron chi connectivity index (χ3n) is 2.80. The van der Waals surface area contributed by atoms with Crippen molar-refractivity contribution in [2.75, 3.05) is 0 Å². The number of rotatable bonds is 1. The molecule has 22 heavy (non-hydrogen) atoms. The van der Waals surface area contributed by atoms with Crippen LogP contribution >= 0.6 is 0 Å². The minimum absolute atomic E-state index is 0. The van der Waals surface area contributed by atoms with E-state index in [9.17, 15) is 0 Å². The number of halogens is 2. The van der Waals surface area contributed by atoms with Crippen LogP contribution in [-0.4, -0.2) is 20.2 Å². The van der Waals surface area contributed by atoms with Crippen LogP contribution in [0.3, 0.4) is 0 Å². The van der Waals surface area contributed by atoms with E-state index < -0.39 is 0 Å². The Bertz CT molecular complexity index is 677. The first kappa shape index (κ1) is 20.7. The fourth-order valence-electron chi connectivity index (χ4n) is 1.89. The van der Waals surface area contributed by atoms with Crippen molar-refractivity contribution in [3.63, 3.8) is 0 Å². The van der Waals surface area contributed by atoms with Gasteiger partial charge in [0.2, 0.25) is 0 Å². The van der Waals surface area contributed by atoms with Crippen LogP contribution in [0.25, 0.3) is 16.5 Å². The first-order valence-electron chi connectivity index (χ1n) is 6.04. The SMILES string of the molecule is [C-]1=CC=CC1.[Cl-].[Cl-].[Ti+4].c1ccc2[cH-]c(-n3cnnn3)cc2c1. The van der Waals surface area contributed by atoms with E-state index in [0.717, 1.165) is 12.1 Å². The van der Waals surface area contributed by atoms with Crippen molar-refractivity contribution < 1.29 is 46.5 Å². The molecule has 1 aromatic heterocycles. The summed E-state index contributed by atoms with van der Waals surface area (Å²) in [7, 11) is 0. The predicted octanol–water partition coefficient (Wildman–Crippen LogP) is -3.15. The van der Waals surface area contributed by atoms with Crippen LogP contribution in [0.15, 0.2) is 61.0 Å². The molecule has 0 atom stereocenters. The summed E-state index contributed by atoms with van der Waals surface area (Å²) in [5, 5.41) is 13.5. The summed E-state index contributed by atoms with van der Waals surface area (Å²) < 4.78 is 1.65. The molecule has 0 saturated heterocycles.